The maximum atomic E-state index is 12.7. The molecule has 0 bridgehead atoms. The molecule has 3 rings (SSSR count). The third kappa shape index (κ3) is 4.85. The first-order valence-corrected chi connectivity index (χ1v) is 9.97. The highest BCUT2D eigenvalue weighted by atomic mass is 16.3. The molecular formula is C20H33N3O2. The average Bonchev–Trinajstić information content (AvgIpc) is 3.20. The van der Waals surface area contributed by atoms with E-state index in [4.69, 9.17) is 4.42 Å². The molecule has 2 atom stereocenters. The molecule has 5 heteroatoms. The van der Waals surface area contributed by atoms with Crippen LogP contribution in [0.4, 0.5) is 0 Å². The van der Waals surface area contributed by atoms with Crippen molar-refractivity contribution >= 4 is 5.91 Å². The number of hydrogen-bond donors (Lipinski definition) is 1. The molecule has 25 heavy (non-hydrogen) atoms. The summed E-state index contributed by atoms with van der Waals surface area (Å²) in [6.45, 7) is 8.91. The molecular weight excluding hydrogens is 314 g/mol. The number of rotatable bonds is 6. The lowest BCUT2D eigenvalue weighted by Gasteiger charge is -2.29. The summed E-state index contributed by atoms with van der Waals surface area (Å²) in [5, 5.41) is 3.20. The number of likely N-dealkylation sites (tertiary alicyclic amines) is 2. The SMILES string of the molecule is Cc1ccc(C(CNC(=O)C(C)N2CCCCCC2)N2CCCC2)o1. The highest BCUT2D eigenvalue weighted by Gasteiger charge is 2.28. The number of amides is 1. The van der Waals surface area contributed by atoms with Crippen LogP contribution in [0.15, 0.2) is 16.5 Å². The van der Waals surface area contributed by atoms with E-state index in [0.29, 0.717) is 6.54 Å². The number of furan rings is 1. The molecule has 140 valence electrons. The van der Waals surface area contributed by atoms with Crippen LogP contribution in [0, 0.1) is 6.92 Å². The van der Waals surface area contributed by atoms with Gasteiger partial charge in [0.05, 0.1) is 12.1 Å². The van der Waals surface area contributed by atoms with Gasteiger partial charge in [-0.2, -0.15) is 0 Å². The maximum absolute atomic E-state index is 12.7. The molecule has 0 aromatic carbocycles. The molecule has 5 nitrogen and oxygen atoms in total. The predicted molar refractivity (Wildman–Crippen MR) is 99.5 cm³/mol. The summed E-state index contributed by atoms with van der Waals surface area (Å²) in [7, 11) is 0. The van der Waals surface area contributed by atoms with Gasteiger partial charge < -0.3 is 9.73 Å². The molecule has 1 aromatic heterocycles. The molecule has 2 saturated heterocycles. The van der Waals surface area contributed by atoms with E-state index in [9.17, 15) is 4.79 Å². The number of hydrogen-bond acceptors (Lipinski definition) is 4. The zero-order chi connectivity index (χ0) is 17.6. The molecule has 0 saturated carbocycles. The Morgan fingerprint density at radius 2 is 1.64 bits per heavy atom. The van der Waals surface area contributed by atoms with E-state index in [2.05, 4.69) is 21.2 Å². The number of aryl methyl sites for hydroxylation is 1. The van der Waals surface area contributed by atoms with Crippen LogP contribution in [-0.2, 0) is 4.79 Å². The van der Waals surface area contributed by atoms with Gasteiger partial charge in [-0.15, -0.1) is 0 Å². The van der Waals surface area contributed by atoms with Crippen LogP contribution in [0.5, 0.6) is 0 Å². The van der Waals surface area contributed by atoms with Crippen LogP contribution >= 0.6 is 0 Å². The second-order valence-corrected chi connectivity index (χ2v) is 7.58. The average molecular weight is 348 g/mol. The maximum Gasteiger partial charge on any atom is 0.237 e. The molecule has 1 aromatic rings. The fourth-order valence-electron chi connectivity index (χ4n) is 4.09. The molecule has 0 radical (unpaired) electrons. The van der Waals surface area contributed by atoms with Gasteiger partial charge in [0, 0.05) is 6.54 Å². The highest BCUT2D eigenvalue weighted by Crippen LogP contribution is 2.26. The van der Waals surface area contributed by atoms with E-state index in [1.165, 1.54) is 38.5 Å². The molecule has 2 aliphatic rings. The summed E-state index contributed by atoms with van der Waals surface area (Å²) < 4.78 is 5.88. The minimum Gasteiger partial charge on any atom is -0.465 e. The third-order valence-electron chi connectivity index (χ3n) is 5.71. The van der Waals surface area contributed by atoms with E-state index in [-0.39, 0.29) is 18.0 Å². The van der Waals surface area contributed by atoms with Crippen molar-refractivity contribution in [1.29, 1.82) is 0 Å². The van der Waals surface area contributed by atoms with Crippen molar-refractivity contribution in [3.63, 3.8) is 0 Å². The van der Waals surface area contributed by atoms with Crippen LogP contribution in [0.2, 0.25) is 0 Å². The lowest BCUT2D eigenvalue weighted by molar-refractivity contribution is -0.126. The summed E-state index contributed by atoms with van der Waals surface area (Å²) >= 11 is 0. The number of carbonyl (C=O) groups excluding carboxylic acids is 1. The van der Waals surface area contributed by atoms with Gasteiger partial charge in [-0.3, -0.25) is 14.6 Å². The van der Waals surface area contributed by atoms with Gasteiger partial charge in [-0.25, -0.2) is 0 Å². The number of carbonyl (C=O) groups is 1. The first-order chi connectivity index (χ1) is 12.1. The summed E-state index contributed by atoms with van der Waals surface area (Å²) in [5.74, 6) is 2.06. The Morgan fingerprint density at radius 1 is 1.04 bits per heavy atom. The summed E-state index contributed by atoms with van der Waals surface area (Å²) in [5.41, 5.74) is 0. The Balaban J connectivity index is 1.58. The van der Waals surface area contributed by atoms with Crippen LogP contribution in [0.1, 0.15) is 63.0 Å². The van der Waals surface area contributed by atoms with Crippen molar-refractivity contribution in [1.82, 2.24) is 15.1 Å². The van der Waals surface area contributed by atoms with Gasteiger partial charge >= 0.3 is 0 Å². The molecule has 2 unspecified atom stereocenters. The van der Waals surface area contributed by atoms with Gasteiger partial charge in [0.15, 0.2) is 0 Å². The van der Waals surface area contributed by atoms with Gasteiger partial charge in [0.2, 0.25) is 5.91 Å². The topological polar surface area (TPSA) is 48.7 Å². The van der Waals surface area contributed by atoms with Crippen molar-refractivity contribution in [2.45, 2.75) is 64.5 Å². The third-order valence-corrected chi connectivity index (χ3v) is 5.71. The Labute approximate surface area is 151 Å². The monoisotopic (exact) mass is 347 g/mol. The molecule has 1 amide bonds. The molecule has 2 fully saturated rings. The van der Waals surface area contributed by atoms with Gasteiger partial charge in [-0.1, -0.05) is 12.8 Å². The Hall–Kier alpha value is -1.33. The predicted octanol–water partition coefficient (Wildman–Crippen LogP) is 3.11. The number of nitrogens with zero attached hydrogens (tertiary/aromatic N) is 2. The normalized spacial score (nSPS) is 22.5. The standard InChI is InChI=1S/C20H33N3O2/c1-16-9-10-19(25-16)18(23-13-7-8-14-23)15-21-20(24)17(2)22-11-5-3-4-6-12-22/h9-10,17-18H,3-8,11-15H2,1-2H3,(H,21,24). The molecule has 0 spiro atoms. The van der Waals surface area contributed by atoms with E-state index >= 15 is 0 Å². The second-order valence-electron chi connectivity index (χ2n) is 7.58. The number of nitrogens with one attached hydrogen (secondary N) is 1. The fraction of sp³-hybridized carbons (Fsp3) is 0.750. The quantitative estimate of drug-likeness (QED) is 0.859. The van der Waals surface area contributed by atoms with E-state index in [0.717, 1.165) is 37.7 Å². The first-order valence-electron chi connectivity index (χ1n) is 9.97. The zero-order valence-corrected chi connectivity index (χ0v) is 15.8. The molecule has 1 N–H and O–H groups in total. The summed E-state index contributed by atoms with van der Waals surface area (Å²) in [6, 6.07) is 4.18. The molecule has 2 aliphatic heterocycles. The zero-order valence-electron chi connectivity index (χ0n) is 15.8. The van der Waals surface area contributed by atoms with Crippen LogP contribution < -0.4 is 5.32 Å². The van der Waals surface area contributed by atoms with Gasteiger partial charge in [0.25, 0.3) is 0 Å². The molecule has 3 heterocycles. The first kappa shape index (κ1) is 18.5. The van der Waals surface area contributed by atoms with Crippen molar-refractivity contribution in [2.24, 2.45) is 0 Å². The Morgan fingerprint density at radius 3 is 2.24 bits per heavy atom. The summed E-state index contributed by atoms with van der Waals surface area (Å²) in [6.07, 6.45) is 7.46. The van der Waals surface area contributed by atoms with Crippen molar-refractivity contribution < 1.29 is 9.21 Å². The highest BCUT2D eigenvalue weighted by molar-refractivity contribution is 5.81. The second kappa shape index (κ2) is 8.86. The van der Waals surface area contributed by atoms with E-state index in [1.54, 1.807) is 0 Å². The lowest BCUT2D eigenvalue weighted by atomic mass is 10.1. The summed E-state index contributed by atoms with van der Waals surface area (Å²) in [4.78, 5) is 17.5. The minimum atomic E-state index is -0.0457. The van der Waals surface area contributed by atoms with Crippen LogP contribution in [-0.4, -0.2) is 54.5 Å². The van der Waals surface area contributed by atoms with Crippen LogP contribution in [0.3, 0.4) is 0 Å². The lowest BCUT2D eigenvalue weighted by Crippen LogP contribution is -2.47. The van der Waals surface area contributed by atoms with Crippen LogP contribution in [0.25, 0.3) is 0 Å². The smallest absolute Gasteiger partial charge is 0.237 e. The van der Waals surface area contributed by atoms with E-state index < -0.39 is 0 Å². The van der Waals surface area contributed by atoms with Gasteiger partial charge in [-0.05, 0) is 77.8 Å². The van der Waals surface area contributed by atoms with E-state index in [1.807, 2.05) is 19.9 Å². The largest absolute Gasteiger partial charge is 0.465 e. The van der Waals surface area contributed by atoms with Gasteiger partial charge in [0.1, 0.15) is 11.5 Å². The minimum absolute atomic E-state index is 0.0457. The molecule has 0 aliphatic carbocycles. The Kier molecular flexibility index (Phi) is 6.54. The fourth-order valence-corrected chi connectivity index (χ4v) is 4.09. The van der Waals surface area contributed by atoms with Crippen molar-refractivity contribution in [2.75, 3.05) is 32.7 Å². The Bertz CT molecular complexity index is 543. The van der Waals surface area contributed by atoms with Crippen molar-refractivity contribution in [3.8, 4) is 0 Å². The van der Waals surface area contributed by atoms with Crippen molar-refractivity contribution in [3.05, 3.63) is 23.7 Å².